The highest BCUT2D eigenvalue weighted by Gasteiger charge is 2.10. The minimum atomic E-state index is 0.656. The van der Waals surface area contributed by atoms with Crippen LogP contribution < -0.4 is 5.32 Å². The van der Waals surface area contributed by atoms with Gasteiger partial charge in [-0.3, -0.25) is 0 Å². The smallest absolute Gasteiger partial charge is 0.224 e. The van der Waals surface area contributed by atoms with Gasteiger partial charge in [0.15, 0.2) is 5.65 Å². The second kappa shape index (κ2) is 4.67. The molecule has 2 aromatic heterocycles. The lowest BCUT2D eigenvalue weighted by Crippen LogP contribution is -2.26. The molecule has 1 fully saturated rings. The molecule has 2 aromatic rings. The van der Waals surface area contributed by atoms with Gasteiger partial charge in [-0.15, -0.1) is 0 Å². The van der Waals surface area contributed by atoms with Crippen molar-refractivity contribution in [3.63, 3.8) is 0 Å². The summed E-state index contributed by atoms with van der Waals surface area (Å²) < 4.78 is 0. The number of rotatable bonds is 4. The quantitative estimate of drug-likeness (QED) is 0.818. The average molecular weight is 232 g/mol. The minimum Gasteiger partial charge on any atom is -0.353 e. The fourth-order valence-corrected chi connectivity index (χ4v) is 2.15. The van der Waals surface area contributed by atoms with Crippen LogP contribution in [0.25, 0.3) is 11.2 Å². The molecule has 90 valence electrons. The molecular weight excluding hydrogens is 216 g/mol. The molecule has 0 aromatic carbocycles. The molecular formula is C11H16N6. The summed E-state index contributed by atoms with van der Waals surface area (Å²) in [5, 5.41) is 3.24. The van der Waals surface area contributed by atoms with Crippen molar-refractivity contribution >= 4 is 17.1 Å². The minimum absolute atomic E-state index is 0.656. The maximum atomic E-state index is 4.32. The molecule has 6 nitrogen and oxygen atoms in total. The lowest BCUT2D eigenvalue weighted by atomic mass is 10.4. The van der Waals surface area contributed by atoms with Gasteiger partial charge in [-0.05, 0) is 25.9 Å². The van der Waals surface area contributed by atoms with Gasteiger partial charge in [0.05, 0.1) is 12.5 Å². The van der Waals surface area contributed by atoms with Crippen molar-refractivity contribution in [2.45, 2.75) is 12.8 Å². The van der Waals surface area contributed by atoms with Gasteiger partial charge in [0, 0.05) is 13.1 Å². The van der Waals surface area contributed by atoms with Crippen molar-refractivity contribution in [3.05, 3.63) is 12.5 Å². The van der Waals surface area contributed by atoms with Crippen LogP contribution in [-0.2, 0) is 0 Å². The number of H-pyrrole nitrogens is 1. The molecule has 6 heteroatoms. The third-order valence-corrected chi connectivity index (χ3v) is 3.09. The molecule has 0 saturated carbocycles. The number of fused-ring (bicyclic) bond motifs is 1. The maximum absolute atomic E-state index is 4.32. The monoisotopic (exact) mass is 232 g/mol. The van der Waals surface area contributed by atoms with Crippen LogP contribution in [0.5, 0.6) is 0 Å². The van der Waals surface area contributed by atoms with Crippen LogP contribution in [0.2, 0.25) is 0 Å². The van der Waals surface area contributed by atoms with Crippen molar-refractivity contribution in [3.8, 4) is 0 Å². The van der Waals surface area contributed by atoms with Crippen LogP contribution in [0.3, 0.4) is 0 Å². The predicted molar refractivity (Wildman–Crippen MR) is 65.8 cm³/mol. The van der Waals surface area contributed by atoms with E-state index in [0.717, 1.165) is 18.6 Å². The first-order chi connectivity index (χ1) is 8.42. The van der Waals surface area contributed by atoms with Gasteiger partial charge in [-0.2, -0.15) is 4.98 Å². The van der Waals surface area contributed by atoms with E-state index in [4.69, 9.17) is 0 Å². The molecule has 0 atom stereocenters. The molecule has 1 aliphatic rings. The van der Waals surface area contributed by atoms with E-state index in [1.54, 1.807) is 12.5 Å². The van der Waals surface area contributed by atoms with Crippen LogP contribution in [0, 0.1) is 0 Å². The van der Waals surface area contributed by atoms with Crippen LogP contribution in [0.1, 0.15) is 12.8 Å². The summed E-state index contributed by atoms with van der Waals surface area (Å²) in [6.45, 7) is 4.39. The second-order valence-corrected chi connectivity index (χ2v) is 4.31. The molecule has 17 heavy (non-hydrogen) atoms. The number of nitrogens with zero attached hydrogens (tertiary/aromatic N) is 4. The molecule has 0 spiro atoms. The Morgan fingerprint density at radius 1 is 1.29 bits per heavy atom. The Balaban J connectivity index is 1.56. The Bertz CT molecular complexity index is 487. The normalized spacial score (nSPS) is 16.7. The molecule has 0 bridgehead atoms. The SMILES string of the molecule is c1nc2nc(NCCN3CCCC3)ncc2[nH]1. The van der Waals surface area contributed by atoms with Gasteiger partial charge < -0.3 is 15.2 Å². The summed E-state index contributed by atoms with van der Waals surface area (Å²) in [5.74, 6) is 0.656. The first-order valence-corrected chi connectivity index (χ1v) is 6.04. The lowest BCUT2D eigenvalue weighted by Gasteiger charge is -2.14. The van der Waals surface area contributed by atoms with Gasteiger partial charge in [0.25, 0.3) is 0 Å². The van der Waals surface area contributed by atoms with E-state index < -0.39 is 0 Å². The summed E-state index contributed by atoms with van der Waals surface area (Å²) in [6.07, 6.45) is 6.05. The number of aromatic nitrogens is 4. The summed E-state index contributed by atoms with van der Waals surface area (Å²) >= 11 is 0. The Hall–Kier alpha value is -1.69. The third kappa shape index (κ3) is 2.36. The predicted octanol–water partition coefficient (Wildman–Crippen LogP) is 0.861. The number of aromatic amines is 1. The van der Waals surface area contributed by atoms with Gasteiger partial charge in [0.2, 0.25) is 5.95 Å². The van der Waals surface area contributed by atoms with Crippen molar-refractivity contribution in [1.82, 2.24) is 24.8 Å². The number of anilines is 1. The molecule has 0 amide bonds. The zero-order valence-electron chi connectivity index (χ0n) is 9.69. The number of likely N-dealkylation sites (tertiary alicyclic amines) is 1. The summed E-state index contributed by atoms with van der Waals surface area (Å²) in [4.78, 5) is 18.1. The van der Waals surface area contributed by atoms with E-state index in [1.165, 1.54) is 25.9 Å². The van der Waals surface area contributed by atoms with E-state index in [0.29, 0.717) is 11.6 Å². The van der Waals surface area contributed by atoms with Gasteiger partial charge in [-0.1, -0.05) is 0 Å². The highest BCUT2D eigenvalue weighted by molar-refractivity contribution is 5.69. The number of hydrogen-bond donors (Lipinski definition) is 2. The summed E-state index contributed by atoms with van der Waals surface area (Å²) in [7, 11) is 0. The largest absolute Gasteiger partial charge is 0.353 e. The van der Waals surface area contributed by atoms with Crippen LogP contribution in [0.4, 0.5) is 5.95 Å². The fraction of sp³-hybridized carbons (Fsp3) is 0.545. The molecule has 1 saturated heterocycles. The van der Waals surface area contributed by atoms with Gasteiger partial charge in [-0.25, -0.2) is 9.97 Å². The van der Waals surface area contributed by atoms with E-state index in [-0.39, 0.29) is 0 Å². The third-order valence-electron chi connectivity index (χ3n) is 3.09. The molecule has 3 rings (SSSR count). The van der Waals surface area contributed by atoms with Crippen molar-refractivity contribution in [2.24, 2.45) is 0 Å². The first-order valence-electron chi connectivity index (χ1n) is 6.04. The van der Waals surface area contributed by atoms with E-state index >= 15 is 0 Å². The molecule has 3 heterocycles. The topological polar surface area (TPSA) is 69.7 Å². The lowest BCUT2D eigenvalue weighted by molar-refractivity contribution is 0.352. The first kappa shape index (κ1) is 10.5. The Kier molecular flexibility index (Phi) is 2.87. The highest BCUT2D eigenvalue weighted by Crippen LogP contribution is 2.08. The summed E-state index contributed by atoms with van der Waals surface area (Å²) in [6, 6.07) is 0. The van der Waals surface area contributed by atoms with Crippen molar-refractivity contribution in [1.29, 1.82) is 0 Å². The Labute approximate surface area is 99.5 Å². The van der Waals surface area contributed by atoms with E-state index in [2.05, 4.69) is 30.2 Å². The van der Waals surface area contributed by atoms with Crippen molar-refractivity contribution in [2.75, 3.05) is 31.5 Å². The Morgan fingerprint density at radius 3 is 3.06 bits per heavy atom. The highest BCUT2D eigenvalue weighted by atomic mass is 15.2. The van der Waals surface area contributed by atoms with Gasteiger partial charge >= 0.3 is 0 Å². The Morgan fingerprint density at radius 2 is 2.18 bits per heavy atom. The summed E-state index contributed by atoms with van der Waals surface area (Å²) in [5.41, 5.74) is 1.58. The average Bonchev–Trinajstić information content (AvgIpc) is 2.98. The number of hydrogen-bond acceptors (Lipinski definition) is 5. The van der Waals surface area contributed by atoms with Gasteiger partial charge in [0.1, 0.15) is 5.52 Å². The number of nitrogens with one attached hydrogen (secondary N) is 2. The number of imidazole rings is 1. The van der Waals surface area contributed by atoms with Crippen molar-refractivity contribution < 1.29 is 0 Å². The second-order valence-electron chi connectivity index (χ2n) is 4.31. The van der Waals surface area contributed by atoms with E-state index in [9.17, 15) is 0 Å². The molecule has 0 unspecified atom stereocenters. The van der Waals surface area contributed by atoms with Crippen LogP contribution >= 0.6 is 0 Å². The standard InChI is InChI=1S/C11H16N6/c1-2-5-17(4-1)6-3-12-11-13-7-9-10(16-11)15-8-14-9/h7-8H,1-6H2,(H2,12,13,14,15,16). The van der Waals surface area contributed by atoms with Crippen LogP contribution in [0.15, 0.2) is 12.5 Å². The molecule has 2 N–H and O–H groups in total. The zero-order valence-corrected chi connectivity index (χ0v) is 9.69. The molecule has 0 radical (unpaired) electrons. The molecule has 1 aliphatic heterocycles. The maximum Gasteiger partial charge on any atom is 0.224 e. The van der Waals surface area contributed by atoms with Crippen LogP contribution in [-0.4, -0.2) is 51.0 Å². The zero-order chi connectivity index (χ0) is 11.5. The fourth-order valence-electron chi connectivity index (χ4n) is 2.15. The molecule has 0 aliphatic carbocycles. The van der Waals surface area contributed by atoms with E-state index in [1.807, 2.05) is 0 Å².